The number of hydrogen-bond acceptors (Lipinski definition) is 2. The quantitative estimate of drug-likeness (QED) is 0.323. The van der Waals surface area contributed by atoms with E-state index in [0.29, 0.717) is 0 Å². The van der Waals surface area contributed by atoms with Crippen LogP contribution in [0, 0.1) is 11.2 Å². The highest BCUT2D eigenvalue weighted by Crippen LogP contribution is 2.43. The van der Waals surface area contributed by atoms with Crippen LogP contribution in [0.15, 0.2) is 42.6 Å². The minimum atomic E-state index is -5.08. The van der Waals surface area contributed by atoms with Gasteiger partial charge in [0.2, 0.25) is 10.0 Å². The maximum atomic E-state index is 15.3. The van der Waals surface area contributed by atoms with Crippen molar-refractivity contribution in [2.75, 3.05) is 0 Å². The van der Waals surface area contributed by atoms with E-state index in [1.165, 1.54) is 24.5 Å². The molecule has 204 valence electrons. The molecule has 37 heavy (non-hydrogen) atoms. The van der Waals surface area contributed by atoms with Crippen LogP contribution in [-0.2, 0) is 22.7 Å². The second-order valence-corrected chi connectivity index (χ2v) is 12.6. The molecule has 0 fully saturated rings. The Kier molecular flexibility index (Phi) is 7.52. The molecule has 0 bridgehead atoms. The van der Waals surface area contributed by atoms with Gasteiger partial charge >= 0.3 is 12.4 Å². The molecule has 1 heterocycles. The number of nitrogens with one attached hydrogen (secondary N) is 1. The van der Waals surface area contributed by atoms with Gasteiger partial charge in [0, 0.05) is 34.8 Å². The summed E-state index contributed by atoms with van der Waals surface area (Å²) in [7, 11) is -4.40. The topological polar surface area (TPSA) is 51.1 Å². The largest absolute Gasteiger partial charge is 0.417 e. The van der Waals surface area contributed by atoms with Crippen molar-refractivity contribution in [1.29, 1.82) is 0 Å². The molecular formula is C25H27F7N2O2S. The summed E-state index contributed by atoms with van der Waals surface area (Å²) in [6.45, 7) is 7.93. The van der Waals surface area contributed by atoms with Crippen molar-refractivity contribution in [1.82, 2.24) is 9.29 Å². The van der Waals surface area contributed by atoms with Crippen molar-refractivity contribution < 1.29 is 39.2 Å². The van der Waals surface area contributed by atoms with Gasteiger partial charge in [0.15, 0.2) is 0 Å². The average molecular weight is 553 g/mol. The van der Waals surface area contributed by atoms with E-state index in [-0.39, 0.29) is 17.4 Å². The SMILES string of the molecule is CC(C)S(=O)(=O)NC(c1cn(CC(C)(C)C)c2cc(-c3ccccc3C(F)(F)F)c(F)cc12)C(F)(F)F. The standard InChI is InChI=1S/C25H27F7N2O2S/c1-14(2)37(35,36)33-22(25(30,31)32)18-12-34(13-23(3,4)5)21-11-16(20(26)10-17(18)21)15-8-6-7-9-19(15)24(27,28)29/h6-12,14,22,33H,13H2,1-5H3. The van der Waals surface area contributed by atoms with Gasteiger partial charge in [-0.25, -0.2) is 12.8 Å². The van der Waals surface area contributed by atoms with Crippen LogP contribution in [-0.4, -0.2) is 24.4 Å². The Morgan fingerprint density at radius 1 is 0.946 bits per heavy atom. The lowest BCUT2D eigenvalue weighted by molar-refractivity contribution is -0.152. The number of hydrogen-bond donors (Lipinski definition) is 1. The van der Waals surface area contributed by atoms with Gasteiger partial charge in [-0.2, -0.15) is 31.1 Å². The Hall–Kier alpha value is -2.60. The summed E-state index contributed by atoms with van der Waals surface area (Å²) in [6.07, 6.45) is -8.80. The van der Waals surface area contributed by atoms with Crippen molar-refractivity contribution >= 4 is 20.9 Å². The van der Waals surface area contributed by atoms with E-state index >= 15 is 4.39 Å². The highest BCUT2D eigenvalue weighted by Gasteiger charge is 2.45. The van der Waals surface area contributed by atoms with Gasteiger partial charge in [-0.1, -0.05) is 39.0 Å². The third-order valence-electron chi connectivity index (χ3n) is 5.71. The molecule has 1 N–H and O–H groups in total. The number of rotatable bonds is 6. The first-order valence-electron chi connectivity index (χ1n) is 11.3. The van der Waals surface area contributed by atoms with Gasteiger partial charge in [-0.15, -0.1) is 0 Å². The Bertz CT molecular complexity index is 1400. The molecule has 0 saturated heterocycles. The van der Waals surface area contributed by atoms with Gasteiger partial charge in [0.25, 0.3) is 0 Å². The number of nitrogens with zero attached hydrogens (tertiary/aromatic N) is 1. The van der Waals surface area contributed by atoms with Crippen molar-refractivity contribution in [2.24, 2.45) is 5.41 Å². The number of aromatic nitrogens is 1. The van der Waals surface area contributed by atoms with Crippen LogP contribution in [0.1, 0.15) is 51.8 Å². The molecule has 4 nitrogen and oxygen atoms in total. The molecule has 0 radical (unpaired) electrons. The molecule has 0 aliphatic carbocycles. The lowest BCUT2D eigenvalue weighted by atomic mass is 9.95. The van der Waals surface area contributed by atoms with Crippen LogP contribution in [0.3, 0.4) is 0 Å². The second-order valence-electron chi connectivity index (χ2n) is 10.4. The van der Waals surface area contributed by atoms with Crippen molar-refractivity contribution in [3.05, 3.63) is 59.5 Å². The Labute approximate surface area is 210 Å². The number of fused-ring (bicyclic) bond motifs is 1. The second kappa shape index (κ2) is 9.61. The normalized spacial score (nSPS) is 14.5. The summed E-state index contributed by atoms with van der Waals surface area (Å²) in [5.41, 5.74) is -3.01. The molecule has 0 aliphatic heterocycles. The van der Waals surface area contributed by atoms with E-state index in [4.69, 9.17) is 0 Å². The van der Waals surface area contributed by atoms with E-state index in [0.717, 1.165) is 36.5 Å². The van der Waals surface area contributed by atoms with Crippen molar-refractivity contribution in [2.45, 2.75) is 64.8 Å². The highest BCUT2D eigenvalue weighted by atomic mass is 32.2. The van der Waals surface area contributed by atoms with Crippen molar-refractivity contribution in [3.8, 4) is 11.1 Å². The molecular weight excluding hydrogens is 525 g/mol. The lowest BCUT2D eigenvalue weighted by Crippen LogP contribution is -2.41. The maximum absolute atomic E-state index is 15.3. The van der Waals surface area contributed by atoms with Crippen LogP contribution in [0.2, 0.25) is 0 Å². The summed E-state index contributed by atoms with van der Waals surface area (Å²) in [4.78, 5) is 0. The summed E-state index contributed by atoms with van der Waals surface area (Å²) in [5, 5.41) is -1.44. The molecule has 1 aromatic heterocycles. The highest BCUT2D eigenvalue weighted by molar-refractivity contribution is 7.90. The van der Waals surface area contributed by atoms with E-state index in [1.807, 2.05) is 0 Å². The maximum Gasteiger partial charge on any atom is 0.417 e. The zero-order valence-electron chi connectivity index (χ0n) is 20.7. The number of benzene rings is 2. The van der Waals surface area contributed by atoms with Gasteiger partial charge in [-0.3, -0.25) is 0 Å². The third-order valence-corrected chi connectivity index (χ3v) is 7.51. The Balaban J connectivity index is 2.36. The first kappa shape index (κ1) is 29.0. The number of sulfonamides is 1. The van der Waals surface area contributed by atoms with Crippen LogP contribution in [0.5, 0.6) is 0 Å². The molecule has 0 aliphatic rings. The van der Waals surface area contributed by atoms with Gasteiger partial charge in [0.1, 0.15) is 11.9 Å². The molecule has 12 heteroatoms. The minimum absolute atomic E-state index is 0.0382. The molecule has 0 spiro atoms. The summed E-state index contributed by atoms with van der Waals surface area (Å²) in [6, 6.07) is 3.44. The monoisotopic (exact) mass is 552 g/mol. The lowest BCUT2D eigenvalue weighted by Gasteiger charge is -2.23. The Morgan fingerprint density at radius 2 is 1.54 bits per heavy atom. The summed E-state index contributed by atoms with van der Waals surface area (Å²) in [5.74, 6) is -1.17. The molecule has 2 aromatic carbocycles. The van der Waals surface area contributed by atoms with Crippen molar-refractivity contribution in [3.63, 3.8) is 0 Å². The molecule has 0 amide bonds. The van der Waals surface area contributed by atoms with Gasteiger partial charge in [-0.05, 0) is 43.0 Å². The van der Waals surface area contributed by atoms with Crippen LogP contribution >= 0.6 is 0 Å². The average Bonchev–Trinajstić information content (AvgIpc) is 3.05. The minimum Gasteiger partial charge on any atom is -0.347 e. The summed E-state index contributed by atoms with van der Waals surface area (Å²) < 4.78 is 126. The zero-order valence-corrected chi connectivity index (χ0v) is 21.5. The number of halogens is 7. The van der Waals surface area contributed by atoms with Gasteiger partial charge < -0.3 is 4.57 Å². The van der Waals surface area contributed by atoms with Gasteiger partial charge in [0.05, 0.1) is 10.8 Å². The van der Waals surface area contributed by atoms with Crippen LogP contribution in [0.4, 0.5) is 30.7 Å². The smallest absolute Gasteiger partial charge is 0.347 e. The first-order chi connectivity index (χ1) is 16.7. The predicted molar refractivity (Wildman–Crippen MR) is 128 cm³/mol. The summed E-state index contributed by atoms with van der Waals surface area (Å²) >= 11 is 0. The Morgan fingerprint density at radius 3 is 2.05 bits per heavy atom. The molecule has 1 unspecified atom stereocenters. The molecule has 3 aromatic rings. The predicted octanol–water partition coefficient (Wildman–Crippen LogP) is 7.44. The fraction of sp³-hybridized carbons (Fsp3) is 0.440. The fourth-order valence-corrected chi connectivity index (χ4v) is 4.85. The fourth-order valence-electron chi connectivity index (χ4n) is 3.99. The zero-order chi connectivity index (χ0) is 28.1. The number of alkyl halides is 6. The van der Waals surface area contributed by atoms with E-state index in [1.54, 1.807) is 25.5 Å². The third kappa shape index (κ3) is 6.28. The van der Waals surface area contributed by atoms with Crippen LogP contribution in [0.25, 0.3) is 22.0 Å². The van der Waals surface area contributed by atoms with E-state index in [9.17, 15) is 34.8 Å². The molecule has 1 atom stereocenters. The molecule has 0 saturated carbocycles. The molecule has 3 rings (SSSR count). The van der Waals surface area contributed by atoms with E-state index < -0.39 is 67.2 Å². The van der Waals surface area contributed by atoms with E-state index in [2.05, 4.69) is 0 Å². The van der Waals surface area contributed by atoms with Crippen LogP contribution < -0.4 is 4.72 Å². The first-order valence-corrected chi connectivity index (χ1v) is 12.8.